The molecule has 4 nitrogen and oxygen atoms in total. The van der Waals surface area contributed by atoms with E-state index in [1.165, 1.54) is 123 Å². The third-order valence-corrected chi connectivity index (χ3v) is 12.6. The second-order valence-electron chi connectivity index (χ2n) is 18.5. The van der Waals surface area contributed by atoms with Gasteiger partial charge in [-0.15, -0.1) is 0 Å². The number of hydrogen-bond donors (Lipinski definition) is 0. The van der Waals surface area contributed by atoms with Gasteiger partial charge >= 0.3 is 0 Å². The van der Waals surface area contributed by atoms with Crippen molar-refractivity contribution >= 4 is 0 Å². The molecule has 41 heavy (non-hydrogen) atoms. The first kappa shape index (κ1) is 33.7. The SMILES string of the molecule is CC(C)(C)C1CCN(C[C@@H]2CCN(C(C)(C)CCC(C)(C)C3CCN(CC4CCN(C(C)(C)C)CC4)CC3)C2)CC1. The Morgan fingerprint density at radius 1 is 0.488 bits per heavy atom. The molecule has 4 aliphatic rings. The van der Waals surface area contributed by atoms with Crippen LogP contribution >= 0.6 is 0 Å². The molecule has 0 aromatic heterocycles. The van der Waals surface area contributed by atoms with Gasteiger partial charge in [-0.25, -0.2) is 0 Å². The molecule has 4 aliphatic heterocycles. The molecule has 4 saturated heterocycles. The van der Waals surface area contributed by atoms with Gasteiger partial charge in [0, 0.05) is 30.7 Å². The average molecular weight is 573 g/mol. The number of hydrogen-bond acceptors (Lipinski definition) is 4. The zero-order chi connectivity index (χ0) is 30.1. The minimum atomic E-state index is 0.327. The number of rotatable bonds is 9. The highest BCUT2D eigenvalue weighted by atomic mass is 15.2. The molecule has 0 aliphatic carbocycles. The molecule has 0 aromatic rings. The summed E-state index contributed by atoms with van der Waals surface area (Å²) in [5, 5.41) is 0. The summed E-state index contributed by atoms with van der Waals surface area (Å²) in [5.41, 5.74) is 1.60. The van der Waals surface area contributed by atoms with Crippen molar-refractivity contribution in [3.8, 4) is 0 Å². The molecule has 4 heteroatoms. The van der Waals surface area contributed by atoms with E-state index in [2.05, 4.69) is 88.8 Å². The quantitative estimate of drug-likeness (QED) is 0.279. The maximum absolute atomic E-state index is 2.86. The normalized spacial score (nSPS) is 27.2. The molecular weight excluding hydrogens is 500 g/mol. The Balaban J connectivity index is 1.15. The molecule has 0 unspecified atom stereocenters. The minimum absolute atomic E-state index is 0.327. The van der Waals surface area contributed by atoms with Gasteiger partial charge in [-0.1, -0.05) is 34.6 Å². The molecule has 4 fully saturated rings. The fourth-order valence-electron chi connectivity index (χ4n) is 8.92. The summed E-state index contributed by atoms with van der Waals surface area (Å²) < 4.78 is 0. The monoisotopic (exact) mass is 573 g/mol. The molecule has 0 bridgehead atoms. The topological polar surface area (TPSA) is 13.0 Å². The van der Waals surface area contributed by atoms with E-state index in [4.69, 9.17) is 0 Å². The van der Waals surface area contributed by atoms with Crippen LogP contribution in [0, 0.1) is 34.5 Å². The van der Waals surface area contributed by atoms with Crippen LogP contribution in [0.4, 0.5) is 0 Å². The van der Waals surface area contributed by atoms with Crippen molar-refractivity contribution in [3.63, 3.8) is 0 Å². The molecule has 4 heterocycles. The molecule has 0 aromatic carbocycles. The van der Waals surface area contributed by atoms with Crippen molar-refractivity contribution in [1.82, 2.24) is 19.6 Å². The lowest BCUT2D eigenvalue weighted by atomic mass is 9.69. The maximum atomic E-state index is 2.86. The summed E-state index contributed by atoms with van der Waals surface area (Å²) in [5.74, 6) is 3.59. The Labute approximate surface area is 257 Å². The standard InChI is InChI=1S/C37H72N4/c1-34(2,3)32-14-20-39(21-15-32)28-31-13-26-41(29-31)37(9,10)19-18-36(7,8)33-16-22-38(23-17-33)27-30-11-24-40(25-12-30)35(4,5)6/h30-33H,11-29H2,1-10H3/t31-/m0/s1. The van der Waals surface area contributed by atoms with E-state index in [1.807, 2.05) is 0 Å². The summed E-state index contributed by atoms with van der Waals surface area (Å²) >= 11 is 0. The Kier molecular flexibility index (Phi) is 11.1. The largest absolute Gasteiger partial charge is 0.303 e. The lowest BCUT2D eigenvalue weighted by Crippen LogP contribution is -2.48. The molecule has 0 amide bonds. The third-order valence-electron chi connectivity index (χ3n) is 12.6. The first-order chi connectivity index (χ1) is 19.0. The van der Waals surface area contributed by atoms with E-state index in [9.17, 15) is 0 Å². The van der Waals surface area contributed by atoms with Crippen molar-refractivity contribution in [2.75, 3.05) is 65.4 Å². The van der Waals surface area contributed by atoms with Crippen molar-refractivity contribution in [1.29, 1.82) is 0 Å². The summed E-state index contributed by atoms with van der Waals surface area (Å²) in [6.07, 6.45) is 12.5. The van der Waals surface area contributed by atoms with Gasteiger partial charge in [-0.05, 0) is 173 Å². The first-order valence-corrected chi connectivity index (χ1v) is 18.0. The second-order valence-corrected chi connectivity index (χ2v) is 18.5. The van der Waals surface area contributed by atoms with E-state index in [0.717, 1.165) is 23.7 Å². The first-order valence-electron chi connectivity index (χ1n) is 18.0. The van der Waals surface area contributed by atoms with Crippen LogP contribution in [0.2, 0.25) is 0 Å². The zero-order valence-electron chi connectivity index (χ0n) is 29.5. The van der Waals surface area contributed by atoms with E-state index < -0.39 is 0 Å². The summed E-state index contributed by atoms with van der Waals surface area (Å²) in [7, 11) is 0. The van der Waals surface area contributed by atoms with E-state index in [-0.39, 0.29) is 0 Å². The fourth-order valence-corrected chi connectivity index (χ4v) is 8.92. The van der Waals surface area contributed by atoms with Crippen molar-refractivity contribution in [2.45, 2.75) is 138 Å². The summed E-state index contributed by atoms with van der Waals surface area (Å²) in [4.78, 5) is 11.2. The predicted molar refractivity (Wildman–Crippen MR) is 179 cm³/mol. The average Bonchev–Trinajstić information content (AvgIpc) is 3.37. The predicted octanol–water partition coefficient (Wildman–Crippen LogP) is 7.87. The van der Waals surface area contributed by atoms with Crippen LogP contribution in [-0.4, -0.2) is 96.1 Å². The Morgan fingerprint density at radius 2 is 0.951 bits per heavy atom. The lowest BCUT2D eigenvalue weighted by Gasteiger charge is -2.45. The van der Waals surface area contributed by atoms with Crippen molar-refractivity contribution in [2.24, 2.45) is 34.5 Å². The van der Waals surface area contributed by atoms with Gasteiger partial charge in [0.05, 0.1) is 0 Å². The number of piperidine rings is 3. The van der Waals surface area contributed by atoms with Crippen LogP contribution in [0.5, 0.6) is 0 Å². The van der Waals surface area contributed by atoms with Crippen LogP contribution in [0.25, 0.3) is 0 Å². The molecule has 240 valence electrons. The highest BCUT2D eigenvalue weighted by Gasteiger charge is 2.39. The third kappa shape index (κ3) is 9.41. The Hall–Kier alpha value is -0.160. The fraction of sp³-hybridized carbons (Fsp3) is 1.00. The van der Waals surface area contributed by atoms with E-state index in [1.54, 1.807) is 0 Å². The van der Waals surface area contributed by atoms with Crippen LogP contribution < -0.4 is 0 Å². The summed E-state index contributed by atoms with van der Waals surface area (Å²) in [6.45, 7) is 37.9. The highest BCUT2D eigenvalue weighted by Crippen LogP contribution is 2.42. The van der Waals surface area contributed by atoms with Crippen molar-refractivity contribution < 1.29 is 0 Å². The molecule has 1 atom stereocenters. The van der Waals surface area contributed by atoms with Gasteiger partial charge in [0.1, 0.15) is 0 Å². The highest BCUT2D eigenvalue weighted by molar-refractivity contribution is 4.93. The summed E-state index contributed by atoms with van der Waals surface area (Å²) in [6, 6.07) is 0. The lowest BCUT2D eigenvalue weighted by molar-refractivity contribution is 0.0452. The molecule has 0 N–H and O–H groups in total. The number of nitrogens with zero attached hydrogens (tertiary/aromatic N) is 4. The minimum Gasteiger partial charge on any atom is -0.303 e. The van der Waals surface area contributed by atoms with Crippen LogP contribution in [0.15, 0.2) is 0 Å². The van der Waals surface area contributed by atoms with Gasteiger partial charge in [0.15, 0.2) is 0 Å². The molecule has 0 saturated carbocycles. The van der Waals surface area contributed by atoms with Gasteiger partial charge in [0.25, 0.3) is 0 Å². The smallest absolute Gasteiger partial charge is 0.0153 e. The Morgan fingerprint density at radius 3 is 1.46 bits per heavy atom. The van der Waals surface area contributed by atoms with Crippen LogP contribution in [-0.2, 0) is 0 Å². The van der Waals surface area contributed by atoms with Crippen LogP contribution in [0.1, 0.15) is 127 Å². The molecule has 4 rings (SSSR count). The van der Waals surface area contributed by atoms with Crippen LogP contribution in [0.3, 0.4) is 0 Å². The van der Waals surface area contributed by atoms with Crippen molar-refractivity contribution in [3.05, 3.63) is 0 Å². The molecule has 0 spiro atoms. The molecule has 0 radical (unpaired) electrons. The zero-order valence-corrected chi connectivity index (χ0v) is 29.5. The van der Waals surface area contributed by atoms with E-state index in [0.29, 0.717) is 21.9 Å². The second kappa shape index (κ2) is 13.5. The van der Waals surface area contributed by atoms with Gasteiger partial charge in [-0.2, -0.15) is 0 Å². The van der Waals surface area contributed by atoms with Gasteiger partial charge < -0.3 is 9.80 Å². The van der Waals surface area contributed by atoms with Gasteiger partial charge in [0.2, 0.25) is 0 Å². The molecular formula is C37H72N4. The van der Waals surface area contributed by atoms with E-state index >= 15 is 0 Å². The Bertz CT molecular complexity index is 781. The number of likely N-dealkylation sites (tertiary alicyclic amines) is 4. The maximum Gasteiger partial charge on any atom is 0.0153 e. The van der Waals surface area contributed by atoms with Gasteiger partial charge in [-0.3, -0.25) is 9.80 Å².